The quantitative estimate of drug-likeness (QED) is 0.120. The van der Waals surface area contributed by atoms with Crippen LogP contribution in [0.25, 0.3) is 5.69 Å². The summed E-state index contributed by atoms with van der Waals surface area (Å²) in [5.41, 5.74) is -1.81. The number of carbonyl (C=O) groups is 4. The van der Waals surface area contributed by atoms with Crippen molar-refractivity contribution in [2.24, 2.45) is 23.7 Å². The summed E-state index contributed by atoms with van der Waals surface area (Å²) in [6.45, 7) is 2.45. The third kappa shape index (κ3) is 9.08. The molecule has 2 aromatic carbocycles. The molecule has 2 aliphatic carbocycles. The second-order valence-corrected chi connectivity index (χ2v) is 13.9. The van der Waals surface area contributed by atoms with Gasteiger partial charge in [0.2, 0.25) is 11.8 Å². The van der Waals surface area contributed by atoms with E-state index in [9.17, 15) is 49.9 Å². The zero-order valence-corrected chi connectivity index (χ0v) is 30.5. The molecule has 3 N–H and O–H groups in total. The summed E-state index contributed by atoms with van der Waals surface area (Å²) in [4.78, 5) is 53.8. The van der Waals surface area contributed by atoms with Crippen molar-refractivity contribution in [2.75, 3.05) is 32.2 Å². The number of hydrogen-bond acceptors (Lipinski definition) is 8. The van der Waals surface area contributed by atoms with E-state index in [1.165, 1.54) is 42.4 Å². The molecule has 1 aromatic heterocycles. The van der Waals surface area contributed by atoms with Gasteiger partial charge in [0.05, 0.1) is 42.6 Å². The maximum Gasteiger partial charge on any atom is 0.419 e. The van der Waals surface area contributed by atoms with E-state index >= 15 is 0 Å². The number of halogens is 7. The lowest BCUT2D eigenvalue weighted by atomic mass is 9.83. The van der Waals surface area contributed by atoms with Gasteiger partial charge < -0.3 is 30.2 Å². The van der Waals surface area contributed by atoms with Gasteiger partial charge in [0.25, 0.3) is 5.91 Å². The summed E-state index contributed by atoms with van der Waals surface area (Å²) in [5.74, 6) is -8.14. The van der Waals surface area contributed by atoms with Crippen LogP contribution in [-0.4, -0.2) is 72.6 Å². The predicted octanol–water partition coefficient (Wildman–Crippen LogP) is 6.07. The van der Waals surface area contributed by atoms with Crippen molar-refractivity contribution in [3.63, 3.8) is 0 Å². The highest BCUT2D eigenvalue weighted by atomic mass is 19.4. The number of anilines is 1. The van der Waals surface area contributed by atoms with Gasteiger partial charge >= 0.3 is 18.3 Å². The minimum absolute atomic E-state index is 0.0391. The minimum Gasteiger partial charge on any atom is -0.496 e. The minimum atomic E-state index is -5.09. The molecule has 3 aromatic rings. The average molecular weight is 810 g/mol. The Balaban J connectivity index is 1.27. The fraction of sp³-hybridized carbons (Fsp3) is 0.447. The summed E-state index contributed by atoms with van der Waals surface area (Å²) in [6.07, 6.45) is -5.73. The molecule has 1 aliphatic heterocycles. The lowest BCUT2D eigenvalue weighted by Gasteiger charge is -2.30. The van der Waals surface area contributed by atoms with Gasteiger partial charge in [-0.1, -0.05) is 5.57 Å². The molecule has 1 saturated heterocycles. The van der Waals surface area contributed by atoms with Crippen LogP contribution in [0.15, 0.2) is 60.4 Å². The molecular formula is C38H38F7N5O7. The number of aromatic nitrogens is 2. The van der Waals surface area contributed by atoms with Crippen LogP contribution < -0.4 is 20.7 Å². The lowest BCUT2D eigenvalue weighted by Crippen LogP contribution is -2.48. The Morgan fingerprint density at radius 3 is 2.37 bits per heavy atom. The molecule has 0 radical (unpaired) electrons. The number of nitrogens with zero attached hydrogens (tertiary/aromatic N) is 2. The van der Waals surface area contributed by atoms with Crippen LogP contribution in [0.2, 0.25) is 0 Å². The fourth-order valence-corrected chi connectivity index (χ4v) is 7.82. The van der Waals surface area contributed by atoms with Crippen LogP contribution in [0.5, 0.6) is 5.75 Å². The van der Waals surface area contributed by atoms with Crippen molar-refractivity contribution >= 4 is 29.4 Å². The molecule has 3 amide bonds. The Labute approximate surface area is 321 Å². The molecule has 3 fully saturated rings. The largest absolute Gasteiger partial charge is 0.496 e. The Morgan fingerprint density at radius 1 is 0.982 bits per heavy atom. The van der Waals surface area contributed by atoms with E-state index in [1.54, 1.807) is 6.92 Å². The number of ether oxygens (including phenoxy) is 3. The number of esters is 1. The molecule has 2 heterocycles. The third-order valence-corrected chi connectivity index (χ3v) is 10.4. The SMILES string of the molecule is CCOC(=O)C(NC(=O)C1CCOCC1)c1cnn(-c2ccc(OC)c(C(=O)N[C@@H]3C4CCC(/C4=C/C(F)(F)F)[C@@H]3C(=O)Nc3ccc(F)c(C(F)(F)F)c3)c2)c1. The van der Waals surface area contributed by atoms with Crippen LogP contribution >= 0.6 is 0 Å². The number of hydrogen-bond donors (Lipinski definition) is 3. The smallest absolute Gasteiger partial charge is 0.419 e. The molecule has 0 spiro atoms. The van der Waals surface area contributed by atoms with Gasteiger partial charge in [-0.15, -0.1) is 0 Å². The highest BCUT2D eigenvalue weighted by Gasteiger charge is 2.56. The van der Waals surface area contributed by atoms with E-state index in [2.05, 4.69) is 21.0 Å². The second-order valence-electron chi connectivity index (χ2n) is 13.9. The Kier molecular flexibility index (Phi) is 12.0. The monoisotopic (exact) mass is 809 g/mol. The number of methoxy groups -OCH3 is 1. The van der Waals surface area contributed by atoms with Crippen molar-refractivity contribution in [1.29, 1.82) is 0 Å². The van der Waals surface area contributed by atoms with E-state index in [0.717, 1.165) is 6.07 Å². The number of rotatable bonds is 11. The number of allylic oxidation sites excluding steroid dienone is 1. The zero-order chi connectivity index (χ0) is 41.2. The van der Waals surface area contributed by atoms with Crippen LogP contribution in [0.1, 0.15) is 60.1 Å². The van der Waals surface area contributed by atoms with E-state index in [4.69, 9.17) is 14.2 Å². The number of fused-ring (bicyclic) bond motifs is 2. The highest BCUT2D eigenvalue weighted by Crippen LogP contribution is 2.54. The van der Waals surface area contributed by atoms with Crippen molar-refractivity contribution in [3.05, 3.63) is 82.9 Å². The summed E-state index contributed by atoms with van der Waals surface area (Å²) >= 11 is 0. The molecular weight excluding hydrogens is 771 g/mol. The number of alkyl halides is 6. The Morgan fingerprint density at radius 2 is 1.70 bits per heavy atom. The summed E-state index contributed by atoms with van der Waals surface area (Å²) < 4.78 is 113. The van der Waals surface area contributed by atoms with Crippen molar-refractivity contribution in [3.8, 4) is 11.4 Å². The molecule has 2 saturated carbocycles. The molecule has 3 unspecified atom stereocenters. The molecule has 19 heteroatoms. The number of amides is 3. The van der Waals surface area contributed by atoms with E-state index in [1.807, 2.05) is 0 Å². The third-order valence-electron chi connectivity index (χ3n) is 10.4. The van der Waals surface area contributed by atoms with Crippen molar-refractivity contribution in [1.82, 2.24) is 20.4 Å². The summed E-state index contributed by atoms with van der Waals surface area (Å²) in [7, 11) is 1.28. The number of carbonyl (C=O) groups excluding carboxylic acids is 4. The van der Waals surface area contributed by atoms with Crippen LogP contribution in [0, 0.1) is 29.5 Å². The van der Waals surface area contributed by atoms with Gasteiger partial charge in [-0.3, -0.25) is 14.4 Å². The van der Waals surface area contributed by atoms with Gasteiger partial charge in [-0.25, -0.2) is 13.9 Å². The van der Waals surface area contributed by atoms with Gasteiger partial charge in [-0.05, 0) is 74.9 Å². The first-order valence-corrected chi connectivity index (χ1v) is 18.0. The average Bonchev–Trinajstić information content (AvgIpc) is 3.87. The van der Waals surface area contributed by atoms with E-state index < -0.39 is 77.0 Å². The standard InChI is InChI=1S/C38H38F7N5O7/c1-3-57-36(54)31(48-33(51)19-10-12-56-13-11-19)20-17-46-50(18-20)22-5-9-29(55-2)25(15-22)34(52)49-32-24-7-6-23(26(24)16-37(40,41)42)30(32)35(53)47-21-4-8-28(39)27(14-21)38(43,44)45/h4-5,8-9,14-19,23-24,30-32H,3,6-7,10-13H2,1-2H3,(H,47,53)(H,48,51)(H,49,52)/b26-16-/t23?,24?,30-,31?,32+/m0/s1. The maximum atomic E-state index is 14.0. The lowest BCUT2D eigenvalue weighted by molar-refractivity contribution is -0.148. The first kappa shape index (κ1) is 41.2. The zero-order valence-electron chi connectivity index (χ0n) is 30.5. The van der Waals surface area contributed by atoms with Crippen LogP contribution in [0.4, 0.5) is 36.4 Å². The maximum absolute atomic E-state index is 14.0. The summed E-state index contributed by atoms with van der Waals surface area (Å²) in [5, 5.41) is 12.0. The highest BCUT2D eigenvalue weighted by molar-refractivity contribution is 5.99. The molecule has 5 atom stereocenters. The van der Waals surface area contributed by atoms with Gasteiger partial charge in [0.1, 0.15) is 11.6 Å². The van der Waals surface area contributed by atoms with Crippen LogP contribution in [-0.2, 0) is 30.0 Å². The number of benzene rings is 2. The van der Waals surface area contributed by atoms with Gasteiger partial charge in [0.15, 0.2) is 6.04 Å². The van der Waals surface area contributed by atoms with Gasteiger partial charge in [-0.2, -0.15) is 31.4 Å². The number of nitrogens with one attached hydrogen (secondary N) is 3. The molecule has 306 valence electrons. The van der Waals surface area contributed by atoms with E-state index in [0.29, 0.717) is 38.2 Å². The Bertz CT molecular complexity index is 2040. The molecule has 12 nitrogen and oxygen atoms in total. The first-order chi connectivity index (χ1) is 27.0. The molecule has 57 heavy (non-hydrogen) atoms. The molecule has 6 rings (SSSR count). The predicted molar refractivity (Wildman–Crippen MR) is 186 cm³/mol. The van der Waals surface area contributed by atoms with Crippen molar-refractivity contribution in [2.45, 2.75) is 57.0 Å². The fourth-order valence-electron chi connectivity index (χ4n) is 7.82. The van der Waals surface area contributed by atoms with E-state index in [-0.39, 0.29) is 65.5 Å². The Hall–Kier alpha value is -5.46. The first-order valence-electron chi connectivity index (χ1n) is 18.0. The normalized spacial score (nSPS) is 22.2. The summed E-state index contributed by atoms with van der Waals surface area (Å²) in [6, 6.07) is 3.64. The van der Waals surface area contributed by atoms with Gasteiger partial charge in [0, 0.05) is 54.6 Å². The topological polar surface area (TPSA) is 150 Å². The van der Waals surface area contributed by atoms with Crippen molar-refractivity contribution < 1.29 is 64.1 Å². The molecule has 2 bridgehead atoms. The second kappa shape index (κ2) is 16.6. The van der Waals surface area contributed by atoms with Crippen LogP contribution in [0.3, 0.4) is 0 Å². The molecule has 3 aliphatic rings.